The van der Waals surface area contributed by atoms with Gasteiger partial charge in [0.05, 0.1) is 17.1 Å². The molecule has 0 saturated carbocycles. The molecule has 1 aliphatic rings. The lowest BCUT2D eigenvalue weighted by Crippen LogP contribution is -2.15. The largest absolute Gasteiger partial charge is 0.342 e. The first kappa shape index (κ1) is 23.2. The summed E-state index contributed by atoms with van der Waals surface area (Å²) in [5.41, 5.74) is 6.39. The molecule has 0 fully saturated rings. The molecule has 7 heteroatoms. The summed E-state index contributed by atoms with van der Waals surface area (Å²) in [6.07, 6.45) is 7.41. The van der Waals surface area contributed by atoms with Gasteiger partial charge in [-0.05, 0) is 80.6 Å². The number of rotatable bonds is 8. The maximum atomic E-state index is 13.2. The van der Waals surface area contributed by atoms with Gasteiger partial charge >= 0.3 is 0 Å². The highest BCUT2D eigenvalue weighted by Gasteiger charge is 2.14. The smallest absolute Gasteiger partial charge is 0.156 e. The van der Waals surface area contributed by atoms with E-state index in [1.807, 2.05) is 45.3 Å². The minimum absolute atomic E-state index is 0.251. The molecule has 32 heavy (non-hydrogen) atoms. The van der Waals surface area contributed by atoms with Crippen molar-refractivity contribution in [2.45, 2.75) is 26.7 Å². The van der Waals surface area contributed by atoms with E-state index in [1.165, 1.54) is 12.1 Å². The third kappa shape index (κ3) is 6.78. The lowest BCUT2D eigenvalue weighted by atomic mass is 10.1. The average molecular weight is 433 g/mol. The van der Waals surface area contributed by atoms with E-state index in [2.05, 4.69) is 39.1 Å². The minimum atomic E-state index is -0.251. The molecule has 0 bridgehead atoms. The van der Waals surface area contributed by atoms with Crippen molar-refractivity contribution in [1.82, 2.24) is 20.3 Å². The number of aliphatic imine (C=N–C) groups is 1. The lowest BCUT2D eigenvalue weighted by Gasteiger charge is -2.12. The number of aromatic nitrogens is 3. The molecule has 1 aromatic heterocycles. The topological polar surface area (TPSA) is 66.3 Å². The quantitative estimate of drug-likeness (QED) is 0.639. The van der Waals surface area contributed by atoms with Crippen molar-refractivity contribution in [3.63, 3.8) is 0 Å². The van der Waals surface area contributed by atoms with Crippen LogP contribution in [0.5, 0.6) is 0 Å². The van der Waals surface area contributed by atoms with E-state index in [0.29, 0.717) is 12.2 Å². The first-order valence-electron chi connectivity index (χ1n) is 10.5. The summed E-state index contributed by atoms with van der Waals surface area (Å²) in [7, 11) is 4.08. The molecular weight excluding hydrogens is 403 g/mol. The highest BCUT2D eigenvalue weighted by atomic mass is 19.1. The fourth-order valence-corrected chi connectivity index (χ4v) is 3.15. The van der Waals surface area contributed by atoms with Crippen LogP contribution in [-0.4, -0.2) is 46.7 Å². The number of hydrogen-bond acceptors (Lipinski definition) is 6. The SMILES string of the molecule is C=C(CCN(C)C)C1=NC(/C=C/c2ccc(F)cc2)=C(C)CC(Nc2cc(C)nnn2)=C1. The molecule has 6 nitrogen and oxygen atoms in total. The molecule has 0 amide bonds. The Balaban J connectivity index is 1.91. The van der Waals surface area contributed by atoms with Crippen LogP contribution in [-0.2, 0) is 0 Å². The van der Waals surface area contributed by atoms with Gasteiger partial charge in [0, 0.05) is 24.7 Å². The Bertz CT molecular complexity index is 1090. The molecule has 1 N–H and O–H groups in total. The van der Waals surface area contributed by atoms with Crippen LogP contribution in [0.3, 0.4) is 0 Å². The minimum Gasteiger partial charge on any atom is -0.342 e. The van der Waals surface area contributed by atoms with Crippen LogP contribution in [0.1, 0.15) is 31.0 Å². The fraction of sp³-hybridized carbons (Fsp3) is 0.280. The molecule has 0 aliphatic carbocycles. The van der Waals surface area contributed by atoms with Crippen molar-refractivity contribution in [2.75, 3.05) is 26.0 Å². The summed E-state index contributed by atoms with van der Waals surface area (Å²) in [5, 5.41) is 15.1. The second kappa shape index (κ2) is 10.7. The van der Waals surface area contributed by atoms with Gasteiger partial charge in [-0.25, -0.2) is 9.38 Å². The van der Waals surface area contributed by atoms with Gasteiger partial charge in [-0.2, -0.15) is 0 Å². The number of hydrogen-bond donors (Lipinski definition) is 1. The molecule has 1 aromatic carbocycles. The van der Waals surface area contributed by atoms with Crippen LogP contribution in [0.15, 0.2) is 76.6 Å². The number of halogens is 1. The summed E-state index contributed by atoms with van der Waals surface area (Å²) >= 11 is 0. The lowest BCUT2D eigenvalue weighted by molar-refractivity contribution is 0.415. The van der Waals surface area contributed by atoms with Gasteiger partial charge in [0.15, 0.2) is 5.82 Å². The van der Waals surface area contributed by atoms with E-state index >= 15 is 0 Å². The number of nitrogens with zero attached hydrogens (tertiary/aromatic N) is 5. The summed E-state index contributed by atoms with van der Waals surface area (Å²) in [5.74, 6) is 0.388. The Morgan fingerprint density at radius 3 is 2.59 bits per heavy atom. The summed E-state index contributed by atoms with van der Waals surface area (Å²) < 4.78 is 13.2. The van der Waals surface area contributed by atoms with Gasteiger partial charge in [0.1, 0.15) is 5.82 Å². The zero-order valence-corrected chi connectivity index (χ0v) is 19.1. The van der Waals surface area contributed by atoms with E-state index in [9.17, 15) is 4.39 Å². The van der Waals surface area contributed by atoms with Crippen molar-refractivity contribution in [2.24, 2.45) is 4.99 Å². The van der Waals surface area contributed by atoms with Gasteiger partial charge < -0.3 is 10.2 Å². The zero-order chi connectivity index (χ0) is 23.1. The normalized spacial score (nSPS) is 14.4. The van der Waals surface area contributed by atoms with Crippen molar-refractivity contribution in [3.8, 4) is 0 Å². The Kier molecular flexibility index (Phi) is 7.78. The third-order valence-corrected chi connectivity index (χ3v) is 4.96. The molecule has 0 spiro atoms. The van der Waals surface area contributed by atoms with Crippen molar-refractivity contribution >= 4 is 17.6 Å². The van der Waals surface area contributed by atoms with Crippen molar-refractivity contribution in [1.29, 1.82) is 0 Å². The standard InChI is InChI=1S/C25H29FN6/c1-17(12-13-32(4)5)24-16-22(27-25-15-19(3)29-31-30-25)14-18(2)23(28-24)11-8-20-6-9-21(26)10-7-20/h6-11,15-16H,1,12-14H2,2-5H3,(H,27,29,30)/b11-8+. The van der Waals surface area contributed by atoms with Crippen LogP contribution in [0.2, 0.25) is 0 Å². The van der Waals surface area contributed by atoms with E-state index < -0.39 is 0 Å². The van der Waals surface area contributed by atoms with Crippen LogP contribution in [0.25, 0.3) is 6.08 Å². The van der Waals surface area contributed by atoms with Gasteiger partial charge in [-0.1, -0.05) is 24.8 Å². The van der Waals surface area contributed by atoms with Crippen LogP contribution >= 0.6 is 0 Å². The Hall–Kier alpha value is -3.45. The van der Waals surface area contributed by atoms with Crippen LogP contribution in [0.4, 0.5) is 10.2 Å². The number of aryl methyl sites for hydroxylation is 1. The zero-order valence-electron chi connectivity index (χ0n) is 19.1. The monoisotopic (exact) mass is 432 g/mol. The predicted molar refractivity (Wildman–Crippen MR) is 129 cm³/mol. The van der Waals surface area contributed by atoms with E-state index in [0.717, 1.165) is 52.5 Å². The van der Waals surface area contributed by atoms with E-state index in [1.54, 1.807) is 12.1 Å². The molecule has 2 heterocycles. The second-order valence-corrected chi connectivity index (χ2v) is 8.14. The van der Waals surface area contributed by atoms with Gasteiger partial charge in [-0.15, -0.1) is 10.2 Å². The molecule has 0 radical (unpaired) electrons. The number of anilines is 1. The maximum absolute atomic E-state index is 13.2. The van der Waals surface area contributed by atoms with Crippen LogP contribution in [0, 0.1) is 12.7 Å². The summed E-state index contributed by atoms with van der Waals surface area (Å²) in [4.78, 5) is 7.05. The predicted octanol–water partition coefficient (Wildman–Crippen LogP) is 4.95. The van der Waals surface area contributed by atoms with Gasteiger partial charge in [-0.3, -0.25) is 0 Å². The molecule has 0 unspecified atom stereocenters. The second-order valence-electron chi connectivity index (χ2n) is 8.14. The van der Waals surface area contributed by atoms with Crippen molar-refractivity contribution < 1.29 is 4.39 Å². The Morgan fingerprint density at radius 1 is 1.16 bits per heavy atom. The number of nitrogens with one attached hydrogen (secondary N) is 1. The Morgan fingerprint density at radius 2 is 1.91 bits per heavy atom. The summed E-state index contributed by atoms with van der Waals surface area (Å²) in [6, 6.07) is 8.24. The molecular formula is C25H29FN6. The average Bonchev–Trinajstić information content (AvgIpc) is 2.90. The first-order valence-corrected chi connectivity index (χ1v) is 10.5. The third-order valence-electron chi connectivity index (χ3n) is 4.96. The molecule has 2 aromatic rings. The Labute approximate surface area is 189 Å². The molecule has 166 valence electrons. The fourth-order valence-electron chi connectivity index (χ4n) is 3.15. The van der Waals surface area contributed by atoms with E-state index in [4.69, 9.17) is 4.99 Å². The molecule has 0 saturated heterocycles. The van der Waals surface area contributed by atoms with Crippen molar-refractivity contribution in [3.05, 3.63) is 88.7 Å². The molecule has 1 aliphatic heterocycles. The number of allylic oxidation sites excluding steroid dienone is 3. The highest BCUT2D eigenvalue weighted by Crippen LogP contribution is 2.25. The highest BCUT2D eigenvalue weighted by molar-refractivity contribution is 6.09. The van der Waals surface area contributed by atoms with Gasteiger partial charge in [0.2, 0.25) is 0 Å². The van der Waals surface area contributed by atoms with Gasteiger partial charge in [0.25, 0.3) is 0 Å². The number of benzene rings is 1. The molecule has 0 atom stereocenters. The molecule has 3 rings (SSSR count). The summed E-state index contributed by atoms with van der Waals surface area (Å²) in [6.45, 7) is 9.09. The van der Waals surface area contributed by atoms with Crippen LogP contribution < -0.4 is 5.32 Å². The first-order chi connectivity index (χ1) is 15.3. The maximum Gasteiger partial charge on any atom is 0.156 e. The van der Waals surface area contributed by atoms with E-state index in [-0.39, 0.29) is 5.82 Å².